The molecule has 0 unspecified atom stereocenters. The average Bonchev–Trinajstić information content (AvgIpc) is 3.83. The Labute approximate surface area is 290 Å². The van der Waals surface area contributed by atoms with Crippen molar-refractivity contribution in [2.24, 2.45) is 0 Å². The molecular weight excluding hydrogens is 619 g/mol. The Morgan fingerprint density at radius 3 is 1.80 bits per heavy atom. The second-order valence-corrected chi connectivity index (χ2v) is 17.6. The minimum absolute atomic E-state index is 1.28. The smallest absolute Gasteiger partial charge is 0.181 e. The summed E-state index contributed by atoms with van der Waals surface area (Å²) in [6, 6.07) is 66.7. The van der Waals surface area contributed by atoms with Crippen LogP contribution in [0.4, 0.5) is 0 Å². The zero-order valence-electron chi connectivity index (χ0n) is 27.2. The van der Waals surface area contributed by atoms with Crippen LogP contribution < -0.4 is 20.7 Å². The maximum absolute atomic E-state index is 2.67. The third-order valence-corrected chi connectivity index (χ3v) is 16.7. The lowest BCUT2D eigenvalue weighted by Gasteiger charge is -2.33. The maximum Gasteiger partial charge on any atom is 0.181 e. The first-order valence-corrected chi connectivity index (χ1v) is 19.5. The molecule has 11 aromatic rings. The Kier molecular flexibility index (Phi) is 5.06. The summed E-state index contributed by atoms with van der Waals surface area (Å²) in [6.45, 7) is 0. The fourth-order valence-electron chi connectivity index (χ4n) is 9.91. The molecular formula is C48H29NSi. The van der Waals surface area contributed by atoms with E-state index in [-0.39, 0.29) is 0 Å². The van der Waals surface area contributed by atoms with Gasteiger partial charge in [0.2, 0.25) is 0 Å². The molecule has 230 valence electrons. The van der Waals surface area contributed by atoms with E-state index in [1.807, 2.05) is 0 Å². The van der Waals surface area contributed by atoms with Crippen LogP contribution >= 0.6 is 0 Å². The Morgan fingerprint density at radius 1 is 0.360 bits per heavy atom. The highest BCUT2D eigenvalue weighted by atomic mass is 28.3. The molecule has 2 heteroatoms. The molecule has 12 rings (SSSR count). The summed E-state index contributed by atoms with van der Waals surface area (Å²) in [5, 5.41) is 16.6. The van der Waals surface area contributed by atoms with Gasteiger partial charge in [0.25, 0.3) is 0 Å². The highest BCUT2D eigenvalue weighted by Crippen LogP contribution is 2.47. The van der Waals surface area contributed by atoms with Crippen molar-refractivity contribution in [2.45, 2.75) is 0 Å². The van der Waals surface area contributed by atoms with Crippen LogP contribution in [0.2, 0.25) is 0 Å². The minimum atomic E-state index is -2.67. The standard InChI is InChI=1S/C48H29NSi/c1-3-13-31(14-4-1)50(32-15-5-2-6-16-32)44-24-10-8-18-36(44)40-21-11-19-33(48(40)50)30-25-26-34-37-20-12-23-43-45(37)46-38(41(34)29-30)27-28-39-35-17-7-9-22-42(35)49(43)47(39)46/h1-29H. The third-order valence-electron chi connectivity index (χ3n) is 11.8. The molecule has 0 aliphatic carbocycles. The largest absolute Gasteiger partial charge is 0.308 e. The monoisotopic (exact) mass is 647 g/mol. The molecule has 0 bridgehead atoms. The van der Waals surface area contributed by atoms with E-state index in [2.05, 4.69) is 180 Å². The molecule has 0 amide bonds. The Morgan fingerprint density at radius 2 is 0.960 bits per heavy atom. The first-order chi connectivity index (χ1) is 24.8. The fraction of sp³-hybridized carbons (Fsp3) is 0. The van der Waals surface area contributed by atoms with Gasteiger partial charge >= 0.3 is 0 Å². The van der Waals surface area contributed by atoms with Gasteiger partial charge in [0.05, 0.1) is 16.6 Å². The van der Waals surface area contributed by atoms with Gasteiger partial charge < -0.3 is 4.40 Å². The fourth-order valence-corrected chi connectivity index (χ4v) is 15.3. The van der Waals surface area contributed by atoms with Gasteiger partial charge in [-0.1, -0.05) is 158 Å². The van der Waals surface area contributed by atoms with Gasteiger partial charge in [0.1, 0.15) is 0 Å². The zero-order valence-corrected chi connectivity index (χ0v) is 28.2. The highest BCUT2D eigenvalue weighted by Gasteiger charge is 2.49. The lowest BCUT2D eigenvalue weighted by molar-refractivity contribution is 1.37. The van der Waals surface area contributed by atoms with Gasteiger partial charge in [0.15, 0.2) is 8.07 Å². The summed E-state index contributed by atoms with van der Waals surface area (Å²) in [6.07, 6.45) is 0. The molecule has 50 heavy (non-hydrogen) atoms. The molecule has 1 nitrogen and oxygen atoms in total. The molecule has 0 saturated heterocycles. The van der Waals surface area contributed by atoms with Gasteiger partial charge in [-0.3, -0.25) is 0 Å². The van der Waals surface area contributed by atoms with Crippen LogP contribution in [-0.4, -0.2) is 12.5 Å². The molecule has 0 N–H and O–H groups in total. The van der Waals surface area contributed by atoms with Crippen molar-refractivity contribution in [1.29, 1.82) is 0 Å². The summed E-state index contributed by atoms with van der Waals surface area (Å²) in [5.74, 6) is 0. The molecule has 0 saturated carbocycles. The predicted molar refractivity (Wildman–Crippen MR) is 215 cm³/mol. The SMILES string of the molecule is c1ccc([Si]2(c3ccccc3)c3ccccc3-c3cccc(-c4ccc5c(c4)c4ccc6c7ccccc7n7c8cccc5c8c4c67)c32)cc1. The van der Waals surface area contributed by atoms with Gasteiger partial charge in [0, 0.05) is 21.5 Å². The lowest BCUT2D eigenvalue weighted by Crippen LogP contribution is -2.73. The number of nitrogens with zero attached hydrogens (tertiary/aromatic N) is 1. The summed E-state index contributed by atoms with van der Waals surface area (Å²) in [5.41, 5.74) is 9.29. The zero-order chi connectivity index (χ0) is 32.6. The van der Waals surface area contributed by atoms with Gasteiger partial charge in [-0.25, -0.2) is 0 Å². The molecule has 0 radical (unpaired) electrons. The minimum Gasteiger partial charge on any atom is -0.308 e. The second-order valence-electron chi connectivity index (χ2n) is 14.0. The summed E-state index contributed by atoms with van der Waals surface area (Å²) in [4.78, 5) is 0. The molecule has 9 aromatic carbocycles. The van der Waals surface area contributed by atoms with Crippen LogP contribution in [-0.2, 0) is 0 Å². The van der Waals surface area contributed by atoms with Crippen LogP contribution in [0.5, 0.6) is 0 Å². The topological polar surface area (TPSA) is 4.41 Å². The molecule has 0 fully saturated rings. The van der Waals surface area contributed by atoms with Crippen LogP contribution in [0.1, 0.15) is 0 Å². The van der Waals surface area contributed by atoms with Crippen LogP contribution in [0.25, 0.3) is 81.9 Å². The van der Waals surface area contributed by atoms with Crippen molar-refractivity contribution in [3.8, 4) is 22.3 Å². The van der Waals surface area contributed by atoms with E-state index in [0.29, 0.717) is 0 Å². The Balaban J connectivity index is 1.22. The van der Waals surface area contributed by atoms with E-state index in [1.54, 1.807) is 0 Å². The Bertz CT molecular complexity index is 3100. The van der Waals surface area contributed by atoms with Gasteiger partial charge in [-0.05, 0) is 82.7 Å². The van der Waals surface area contributed by atoms with Crippen molar-refractivity contribution in [2.75, 3.05) is 0 Å². The highest BCUT2D eigenvalue weighted by molar-refractivity contribution is 7.22. The summed E-state index contributed by atoms with van der Waals surface area (Å²) >= 11 is 0. The normalized spacial score (nSPS) is 13.8. The van der Waals surface area contributed by atoms with Crippen molar-refractivity contribution < 1.29 is 0 Å². The van der Waals surface area contributed by atoms with E-state index in [9.17, 15) is 0 Å². The first kappa shape index (κ1) is 26.7. The van der Waals surface area contributed by atoms with Crippen molar-refractivity contribution in [3.05, 3.63) is 176 Å². The van der Waals surface area contributed by atoms with E-state index in [0.717, 1.165) is 0 Å². The number of para-hydroxylation sites is 1. The molecule has 1 aliphatic rings. The number of rotatable bonds is 3. The average molecular weight is 648 g/mol. The molecule has 1 aliphatic heterocycles. The van der Waals surface area contributed by atoms with Crippen LogP contribution in [0, 0.1) is 0 Å². The van der Waals surface area contributed by atoms with Gasteiger partial charge in [-0.15, -0.1) is 0 Å². The summed E-state index contributed by atoms with van der Waals surface area (Å²) in [7, 11) is -2.67. The molecule has 0 atom stereocenters. The maximum atomic E-state index is 2.51. The number of benzene rings is 9. The van der Waals surface area contributed by atoms with Crippen molar-refractivity contribution >= 4 is 88.5 Å². The quantitative estimate of drug-likeness (QED) is 0.133. The van der Waals surface area contributed by atoms with Crippen LogP contribution in [0.15, 0.2) is 176 Å². The third kappa shape index (κ3) is 3.10. The van der Waals surface area contributed by atoms with Crippen molar-refractivity contribution in [3.63, 3.8) is 0 Å². The number of fused-ring (bicyclic) bond motifs is 10. The van der Waals surface area contributed by atoms with E-state index >= 15 is 0 Å². The van der Waals surface area contributed by atoms with E-state index in [4.69, 9.17) is 0 Å². The van der Waals surface area contributed by atoms with Crippen LogP contribution in [0.3, 0.4) is 0 Å². The summed E-state index contributed by atoms with van der Waals surface area (Å²) < 4.78 is 2.51. The number of hydrogen-bond donors (Lipinski definition) is 0. The number of aromatic nitrogens is 1. The van der Waals surface area contributed by atoms with E-state index < -0.39 is 8.07 Å². The molecule has 3 heterocycles. The van der Waals surface area contributed by atoms with Gasteiger partial charge in [-0.2, -0.15) is 0 Å². The Hall–Kier alpha value is -6.22. The molecule has 2 aromatic heterocycles. The van der Waals surface area contributed by atoms with Crippen molar-refractivity contribution in [1.82, 2.24) is 4.40 Å². The van der Waals surface area contributed by atoms with E-state index in [1.165, 1.54) is 103 Å². The second kappa shape index (κ2) is 9.47. The molecule has 0 spiro atoms. The number of hydrogen-bond acceptors (Lipinski definition) is 0. The lowest BCUT2D eigenvalue weighted by atomic mass is 9.91. The first-order valence-electron chi connectivity index (χ1n) is 17.5. The predicted octanol–water partition coefficient (Wildman–Crippen LogP) is 9.61.